The molecule has 0 bridgehead atoms. The first-order valence-electron chi connectivity index (χ1n) is 7.25. The van der Waals surface area contributed by atoms with Gasteiger partial charge in [0.05, 0.1) is 0 Å². The second-order valence-electron chi connectivity index (χ2n) is 5.00. The average molecular weight is 339 g/mol. The van der Waals surface area contributed by atoms with Crippen molar-refractivity contribution >= 4 is 23.2 Å². The summed E-state index contributed by atoms with van der Waals surface area (Å²) in [6, 6.07) is 11.0. The van der Waals surface area contributed by atoms with Gasteiger partial charge in [-0.2, -0.15) is 0 Å². The van der Waals surface area contributed by atoms with Crippen molar-refractivity contribution in [3.63, 3.8) is 0 Å². The number of hydrogen-bond donors (Lipinski definition) is 2. The van der Waals surface area contributed by atoms with Gasteiger partial charge in [-0.15, -0.1) is 0 Å². The third-order valence-corrected chi connectivity index (χ3v) is 3.52. The summed E-state index contributed by atoms with van der Waals surface area (Å²) in [5.74, 6) is -1.52. The first-order valence-corrected chi connectivity index (χ1v) is 7.63. The summed E-state index contributed by atoms with van der Waals surface area (Å²) in [5.41, 5.74) is 0.864. The van der Waals surface area contributed by atoms with Crippen molar-refractivity contribution in [1.82, 2.24) is 5.32 Å². The molecule has 3 nitrogen and oxygen atoms in total. The Hall–Kier alpha value is -2.14. The maximum atomic E-state index is 13.4. The van der Waals surface area contributed by atoms with Crippen molar-refractivity contribution in [3.05, 3.63) is 64.7 Å². The minimum atomic E-state index is -0.673. The molecule has 0 saturated carbocycles. The number of carbonyl (C=O) groups is 1. The summed E-state index contributed by atoms with van der Waals surface area (Å²) in [6.07, 6.45) is 0.826. The number of hydrogen-bond acceptors (Lipinski definition) is 2. The van der Waals surface area contributed by atoms with E-state index in [1.54, 1.807) is 12.1 Å². The first-order chi connectivity index (χ1) is 11.1. The molecule has 2 N–H and O–H groups in total. The number of rotatable bonds is 7. The quantitative estimate of drug-likeness (QED) is 0.806. The van der Waals surface area contributed by atoms with Crippen molar-refractivity contribution in [3.8, 4) is 0 Å². The Labute approximate surface area is 138 Å². The molecule has 122 valence electrons. The van der Waals surface area contributed by atoms with E-state index in [2.05, 4.69) is 10.6 Å². The van der Waals surface area contributed by atoms with Crippen molar-refractivity contribution in [2.45, 2.75) is 12.8 Å². The molecule has 0 unspecified atom stereocenters. The fourth-order valence-corrected chi connectivity index (χ4v) is 2.18. The lowest BCUT2D eigenvalue weighted by molar-refractivity contribution is -0.120. The van der Waals surface area contributed by atoms with Crippen LogP contribution in [0.15, 0.2) is 42.5 Å². The van der Waals surface area contributed by atoms with Crippen LogP contribution in [-0.2, 0) is 11.2 Å². The highest BCUT2D eigenvalue weighted by Crippen LogP contribution is 2.17. The van der Waals surface area contributed by atoms with Gasteiger partial charge in [-0.1, -0.05) is 29.8 Å². The molecule has 0 aliphatic heterocycles. The van der Waals surface area contributed by atoms with Crippen LogP contribution in [0.25, 0.3) is 0 Å². The SMILES string of the molecule is O=C(CCNc1c(F)cccc1F)NCCc1ccc(Cl)cc1. The molecule has 2 aromatic rings. The molecule has 0 aliphatic rings. The molecule has 0 saturated heterocycles. The maximum Gasteiger partial charge on any atom is 0.221 e. The molecular weight excluding hydrogens is 322 g/mol. The fourth-order valence-electron chi connectivity index (χ4n) is 2.05. The summed E-state index contributed by atoms with van der Waals surface area (Å²) in [6.45, 7) is 0.652. The minimum absolute atomic E-state index is 0.133. The van der Waals surface area contributed by atoms with Crippen LogP contribution in [0, 0.1) is 11.6 Å². The Bertz CT molecular complexity index is 642. The molecule has 0 aliphatic carbocycles. The number of benzene rings is 2. The van der Waals surface area contributed by atoms with Crippen molar-refractivity contribution in [2.24, 2.45) is 0 Å². The monoisotopic (exact) mass is 338 g/mol. The van der Waals surface area contributed by atoms with E-state index >= 15 is 0 Å². The largest absolute Gasteiger partial charge is 0.380 e. The zero-order valence-corrected chi connectivity index (χ0v) is 13.2. The standard InChI is InChI=1S/C17H17ClF2N2O/c18-13-6-4-12(5-7-13)8-10-21-16(23)9-11-22-17-14(19)2-1-3-15(17)20/h1-7,22H,8-11H2,(H,21,23). The Balaban J connectivity index is 1.68. The van der Waals surface area contributed by atoms with Crippen LogP contribution >= 0.6 is 11.6 Å². The van der Waals surface area contributed by atoms with Crippen LogP contribution in [0.2, 0.25) is 5.02 Å². The van der Waals surface area contributed by atoms with Gasteiger partial charge in [0.2, 0.25) is 5.91 Å². The van der Waals surface area contributed by atoms with Crippen molar-refractivity contribution in [1.29, 1.82) is 0 Å². The van der Waals surface area contributed by atoms with Crippen LogP contribution in [0.5, 0.6) is 0 Å². The molecule has 0 aromatic heterocycles. The summed E-state index contributed by atoms with van der Waals surface area (Å²) < 4.78 is 26.8. The molecule has 23 heavy (non-hydrogen) atoms. The number of para-hydroxylation sites is 1. The smallest absolute Gasteiger partial charge is 0.221 e. The van der Waals surface area contributed by atoms with Crippen LogP contribution in [-0.4, -0.2) is 19.0 Å². The van der Waals surface area contributed by atoms with E-state index in [1.165, 1.54) is 6.07 Å². The van der Waals surface area contributed by atoms with E-state index in [9.17, 15) is 13.6 Å². The number of carbonyl (C=O) groups excluding carboxylic acids is 1. The number of nitrogens with one attached hydrogen (secondary N) is 2. The normalized spacial score (nSPS) is 10.4. The first kappa shape index (κ1) is 17.2. The fraction of sp³-hybridized carbons (Fsp3) is 0.235. The van der Waals surface area contributed by atoms with Crippen LogP contribution < -0.4 is 10.6 Å². The Morgan fingerprint density at radius 1 is 1.00 bits per heavy atom. The lowest BCUT2D eigenvalue weighted by Crippen LogP contribution is -2.27. The number of halogens is 3. The predicted molar refractivity (Wildman–Crippen MR) is 87.6 cm³/mol. The molecule has 0 fully saturated rings. The highest BCUT2D eigenvalue weighted by atomic mass is 35.5. The molecular formula is C17H17ClF2N2O. The Morgan fingerprint density at radius 2 is 1.65 bits per heavy atom. The molecule has 0 heterocycles. The topological polar surface area (TPSA) is 41.1 Å². The van der Waals surface area contributed by atoms with Gasteiger partial charge in [0, 0.05) is 24.5 Å². The zero-order valence-electron chi connectivity index (χ0n) is 12.4. The average Bonchev–Trinajstić information content (AvgIpc) is 2.52. The molecule has 0 radical (unpaired) electrons. The second kappa shape index (κ2) is 8.48. The van der Waals surface area contributed by atoms with E-state index in [4.69, 9.17) is 11.6 Å². The minimum Gasteiger partial charge on any atom is -0.380 e. The molecule has 2 rings (SSSR count). The second-order valence-corrected chi connectivity index (χ2v) is 5.44. The van der Waals surface area contributed by atoms with Gasteiger partial charge in [-0.05, 0) is 36.2 Å². The summed E-state index contributed by atoms with van der Waals surface area (Å²) in [7, 11) is 0. The molecule has 6 heteroatoms. The van der Waals surface area contributed by atoms with Gasteiger partial charge in [0.25, 0.3) is 0 Å². The van der Waals surface area contributed by atoms with Gasteiger partial charge in [0.15, 0.2) is 0 Å². The van der Waals surface area contributed by atoms with E-state index in [0.29, 0.717) is 18.0 Å². The third-order valence-electron chi connectivity index (χ3n) is 3.27. The number of amides is 1. The van der Waals surface area contributed by atoms with Gasteiger partial charge in [0.1, 0.15) is 17.3 Å². The van der Waals surface area contributed by atoms with E-state index in [0.717, 1.165) is 17.7 Å². The molecule has 0 spiro atoms. The third kappa shape index (κ3) is 5.53. The lowest BCUT2D eigenvalue weighted by atomic mass is 10.1. The van der Waals surface area contributed by atoms with Crippen molar-refractivity contribution in [2.75, 3.05) is 18.4 Å². The van der Waals surface area contributed by atoms with Gasteiger partial charge < -0.3 is 10.6 Å². The lowest BCUT2D eigenvalue weighted by Gasteiger charge is -2.09. The molecule has 0 atom stereocenters. The van der Waals surface area contributed by atoms with Crippen LogP contribution in [0.3, 0.4) is 0 Å². The zero-order chi connectivity index (χ0) is 16.7. The molecule has 1 amide bonds. The van der Waals surface area contributed by atoms with E-state index < -0.39 is 11.6 Å². The van der Waals surface area contributed by atoms with Crippen LogP contribution in [0.4, 0.5) is 14.5 Å². The summed E-state index contributed by atoms with van der Waals surface area (Å²) >= 11 is 5.80. The van der Waals surface area contributed by atoms with E-state index in [1.807, 2.05) is 12.1 Å². The highest BCUT2D eigenvalue weighted by Gasteiger charge is 2.08. The van der Waals surface area contributed by atoms with Crippen LogP contribution in [0.1, 0.15) is 12.0 Å². The Morgan fingerprint density at radius 3 is 2.30 bits per heavy atom. The predicted octanol–water partition coefficient (Wildman–Crippen LogP) is 3.78. The number of anilines is 1. The van der Waals surface area contributed by atoms with Gasteiger partial charge in [-0.25, -0.2) is 8.78 Å². The van der Waals surface area contributed by atoms with Crippen molar-refractivity contribution < 1.29 is 13.6 Å². The Kier molecular flexibility index (Phi) is 6.35. The summed E-state index contributed by atoms with van der Waals surface area (Å²) in [4.78, 5) is 11.7. The maximum absolute atomic E-state index is 13.4. The molecule has 2 aromatic carbocycles. The highest BCUT2D eigenvalue weighted by molar-refractivity contribution is 6.30. The summed E-state index contributed by atoms with van der Waals surface area (Å²) in [5, 5.41) is 6.03. The van der Waals surface area contributed by atoms with E-state index in [-0.39, 0.29) is 24.6 Å². The van der Waals surface area contributed by atoms with Gasteiger partial charge >= 0.3 is 0 Å². The van der Waals surface area contributed by atoms with Gasteiger partial charge in [-0.3, -0.25) is 4.79 Å².